The Morgan fingerprint density at radius 2 is 2.07 bits per heavy atom. The quantitative estimate of drug-likeness (QED) is 0.733. The third-order valence-corrected chi connectivity index (χ3v) is 2.30. The zero-order valence-corrected chi connectivity index (χ0v) is 10.6. The summed E-state index contributed by atoms with van der Waals surface area (Å²) in [5.74, 6) is 0. The number of hydrogen-bond donors (Lipinski definition) is 0. The van der Waals surface area contributed by atoms with Crippen LogP contribution in [0.3, 0.4) is 0 Å². The number of hydrogen-bond acceptors (Lipinski definition) is 2. The Bertz CT molecular complexity index is 209. The fourth-order valence-electron chi connectivity index (χ4n) is 1.22. The van der Waals surface area contributed by atoms with Gasteiger partial charge in [0.2, 0.25) is 0 Å². The maximum Gasteiger partial charge on any atom is 0.410 e. The van der Waals surface area contributed by atoms with Crippen molar-refractivity contribution in [2.45, 2.75) is 45.3 Å². The van der Waals surface area contributed by atoms with E-state index in [4.69, 9.17) is 4.74 Å². The van der Waals surface area contributed by atoms with Gasteiger partial charge in [-0.25, -0.2) is 4.79 Å². The van der Waals surface area contributed by atoms with Gasteiger partial charge in [-0.15, -0.1) is 0 Å². The van der Waals surface area contributed by atoms with Crippen molar-refractivity contribution in [2.24, 2.45) is 0 Å². The highest BCUT2D eigenvalue weighted by molar-refractivity contribution is 9.09. The topological polar surface area (TPSA) is 29.5 Å². The Morgan fingerprint density at radius 3 is 2.43 bits per heavy atom. The standard InChI is InChI=1S/C10H18BrNO2/c1-10(2,3)14-9(13)12(7-6-11)8-4-5-8/h8H,4-7H2,1-3H3. The molecular weight excluding hydrogens is 246 g/mol. The molecule has 4 heteroatoms. The van der Waals surface area contributed by atoms with Crippen LogP contribution in [-0.4, -0.2) is 34.5 Å². The lowest BCUT2D eigenvalue weighted by molar-refractivity contribution is 0.0247. The molecule has 0 saturated heterocycles. The zero-order valence-electron chi connectivity index (χ0n) is 9.05. The van der Waals surface area contributed by atoms with E-state index in [-0.39, 0.29) is 6.09 Å². The fourth-order valence-corrected chi connectivity index (χ4v) is 1.60. The molecule has 1 amide bonds. The van der Waals surface area contributed by atoms with E-state index in [1.54, 1.807) is 0 Å². The summed E-state index contributed by atoms with van der Waals surface area (Å²) in [5, 5.41) is 0.808. The van der Waals surface area contributed by atoms with E-state index in [9.17, 15) is 4.79 Å². The van der Waals surface area contributed by atoms with Crippen molar-refractivity contribution in [1.82, 2.24) is 4.90 Å². The second-order valence-corrected chi connectivity index (χ2v) is 5.39. The summed E-state index contributed by atoms with van der Waals surface area (Å²) in [4.78, 5) is 13.5. The predicted octanol–water partition coefficient (Wildman–Crippen LogP) is 2.78. The Labute approximate surface area is 93.9 Å². The monoisotopic (exact) mass is 263 g/mol. The predicted molar refractivity (Wildman–Crippen MR) is 59.8 cm³/mol. The van der Waals surface area contributed by atoms with Crippen molar-refractivity contribution in [2.75, 3.05) is 11.9 Å². The molecule has 82 valence electrons. The van der Waals surface area contributed by atoms with Gasteiger partial charge in [-0.1, -0.05) is 15.9 Å². The second kappa shape index (κ2) is 4.51. The van der Waals surface area contributed by atoms with Gasteiger partial charge in [0, 0.05) is 17.9 Å². The van der Waals surface area contributed by atoms with Crippen LogP contribution in [0.4, 0.5) is 4.79 Å². The molecule has 0 aliphatic heterocycles. The summed E-state index contributed by atoms with van der Waals surface area (Å²) < 4.78 is 5.32. The number of rotatable bonds is 3. The van der Waals surface area contributed by atoms with Gasteiger partial charge >= 0.3 is 6.09 Å². The van der Waals surface area contributed by atoms with E-state index in [0.717, 1.165) is 24.7 Å². The van der Waals surface area contributed by atoms with Crippen LogP contribution in [0, 0.1) is 0 Å². The minimum absolute atomic E-state index is 0.181. The van der Waals surface area contributed by atoms with Crippen molar-refractivity contribution >= 4 is 22.0 Å². The molecule has 0 atom stereocenters. The number of nitrogens with zero attached hydrogens (tertiary/aromatic N) is 1. The van der Waals surface area contributed by atoms with E-state index in [1.165, 1.54) is 0 Å². The number of amides is 1. The third kappa shape index (κ3) is 3.86. The molecule has 0 radical (unpaired) electrons. The zero-order chi connectivity index (χ0) is 10.8. The molecule has 0 bridgehead atoms. The normalized spacial score (nSPS) is 16.6. The molecule has 0 heterocycles. The summed E-state index contributed by atoms with van der Waals surface area (Å²) in [5.41, 5.74) is -0.392. The van der Waals surface area contributed by atoms with Gasteiger partial charge in [0.05, 0.1) is 0 Å². The Balaban J connectivity index is 2.46. The number of carbonyl (C=O) groups is 1. The molecule has 1 aliphatic rings. The molecule has 1 rings (SSSR count). The Hall–Kier alpha value is -0.250. The summed E-state index contributed by atoms with van der Waals surface area (Å²) in [6.45, 7) is 6.41. The van der Waals surface area contributed by atoms with Crippen LogP contribution in [0.15, 0.2) is 0 Å². The van der Waals surface area contributed by atoms with Crippen LogP contribution in [-0.2, 0) is 4.74 Å². The number of halogens is 1. The molecule has 1 saturated carbocycles. The Kier molecular flexibility index (Phi) is 3.81. The molecule has 0 spiro atoms. The smallest absolute Gasteiger partial charge is 0.410 e. The summed E-state index contributed by atoms with van der Waals surface area (Å²) in [6, 6.07) is 0.419. The van der Waals surface area contributed by atoms with Gasteiger partial charge in [0.1, 0.15) is 5.60 Å². The fraction of sp³-hybridized carbons (Fsp3) is 0.900. The lowest BCUT2D eigenvalue weighted by Gasteiger charge is -2.26. The van der Waals surface area contributed by atoms with Gasteiger partial charge < -0.3 is 9.64 Å². The summed E-state index contributed by atoms with van der Waals surface area (Å²) in [7, 11) is 0. The highest BCUT2D eigenvalue weighted by Gasteiger charge is 2.34. The minimum atomic E-state index is -0.392. The maximum absolute atomic E-state index is 11.7. The van der Waals surface area contributed by atoms with Crippen LogP contribution >= 0.6 is 15.9 Å². The van der Waals surface area contributed by atoms with Crippen molar-refractivity contribution in [3.8, 4) is 0 Å². The summed E-state index contributed by atoms with van der Waals surface area (Å²) >= 11 is 3.34. The van der Waals surface area contributed by atoms with E-state index in [0.29, 0.717) is 6.04 Å². The van der Waals surface area contributed by atoms with Crippen molar-refractivity contribution < 1.29 is 9.53 Å². The first-order valence-electron chi connectivity index (χ1n) is 4.99. The molecule has 0 unspecified atom stereocenters. The van der Waals surface area contributed by atoms with Gasteiger partial charge in [-0.3, -0.25) is 0 Å². The van der Waals surface area contributed by atoms with Crippen molar-refractivity contribution in [1.29, 1.82) is 0 Å². The van der Waals surface area contributed by atoms with E-state index >= 15 is 0 Å². The number of ether oxygens (including phenoxy) is 1. The van der Waals surface area contributed by atoms with Crippen LogP contribution < -0.4 is 0 Å². The van der Waals surface area contributed by atoms with Gasteiger partial charge in [0.15, 0.2) is 0 Å². The maximum atomic E-state index is 11.7. The van der Waals surface area contributed by atoms with Crippen molar-refractivity contribution in [3.05, 3.63) is 0 Å². The van der Waals surface area contributed by atoms with Crippen LogP contribution in [0.1, 0.15) is 33.6 Å². The second-order valence-electron chi connectivity index (χ2n) is 4.59. The molecule has 1 aliphatic carbocycles. The SMILES string of the molecule is CC(C)(C)OC(=O)N(CCBr)C1CC1. The minimum Gasteiger partial charge on any atom is -0.444 e. The van der Waals surface area contributed by atoms with Crippen LogP contribution in [0.2, 0.25) is 0 Å². The summed E-state index contributed by atoms with van der Waals surface area (Å²) in [6.07, 6.45) is 2.05. The molecule has 1 fully saturated rings. The number of alkyl halides is 1. The average molecular weight is 264 g/mol. The highest BCUT2D eigenvalue weighted by atomic mass is 79.9. The first-order valence-corrected chi connectivity index (χ1v) is 6.12. The van der Waals surface area contributed by atoms with Crippen molar-refractivity contribution in [3.63, 3.8) is 0 Å². The Morgan fingerprint density at radius 1 is 1.50 bits per heavy atom. The molecule has 0 N–H and O–H groups in total. The van der Waals surface area contributed by atoms with E-state index in [1.807, 2.05) is 25.7 Å². The average Bonchev–Trinajstić information content (AvgIpc) is 2.78. The lowest BCUT2D eigenvalue weighted by atomic mass is 10.2. The lowest BCUT2D eigenvalue weighted by Crippen LogP contribution is -2.39. The third-order valence-electron chi connectivity index (χ3n) is 1.94. The van der Waals surface area contributed by atoms with Gasteiger partial charge in [0.25, 0.3) is 0 Å². The van der Waals surface area contributed by atoms with Crippen LogP contribution in [0.5, 0.6) is 0 Å². The number of carbonyl (C=O) groups excluding carboxylic acids is 1. The molecular formula is C10H18BrNO2. The molecule has 14 heavy (non-hydrogen) atoms. The molecule has 0 aromatic rings. The van der Waals surface area contributed by atoms with Gasteiger partial charge in [-0.05, 0) is 33.6 Å². The molecule has 0 aromatic heterocycles. The highest BCUT2D eigenvalue weighted by Crippen LogP contribution is 2.28. The molecule has 3 nitrogen and oxygen atoms in total. The largest absolute Gasteiger partial charge is 0.444 e. The first-order chi connectivity index (χ1) is 6.44. The van der Waals surface area contributed by atoms with E-state index in [2.05, 4.69) is 15.9 Å². The van der Waals surface area contributed by atoms with E-state index < -0.39 is 5.60 Å². The first kappa shape index (κ1) is 11.8. The molecule has 0 aromatic carbocycles. The van der Waals surface area contributed by atoms with Crippen LogP contribution in [0.25, 0.3) is 0 Å². The van der Waals surface area contributed by atoms with Gasteiger partial charge in [-0.2, -0.15) is 0 Å².